The topological polar surface area (TPSA) is 590 Å². The Hall–Kier alpha value is -13.0. The first-order valence-corrected chi connectivity index (χ1v) is 43.4. The number of ether oxygens (including phenoxy) is 3. The molecule has 0 spiro atoms. The molecule has 128 heavy (non-hydrogen) atoms. The van der Waals surface area contributed by atoms with E-state index in [0.29, 0.717) is 64.7 Å². The molecule has 41 heteroatoms. The number of aromatic amines is 2. The lowest BCUT2D eigenvalue weighted by atomic mass is 9.98. The van der Waals surface area contributed by atoms with Crippen LogP contribution in [0.2, 0.25) is 0 Å². The molecule has 4 heterocycles. The molecular formula is C87H128N22O19. The highest BCUT2D eigenvalue weighted by Crippen LogP contribution is 2.25. The highest BCUT2D eigenvalue weighted by molar-refractivity contribution is 6.00. The summed E-state index contributed by atoms with van der Waals surface area (Å²) in [6.07, 6.45) is 4.20. The molecule has 2 aromatic heterocycles. The first-order chi connectivity index (χ1) is 60.9. The average Bonchev–Trinajstić information content (AvgIpc) is 1.69. The summed E-state index contributed by atoms with van der Waals surface area (Å²) in [5, 5.41) is 55.2. The van der Waals surface area contributed by atoms with Gasteiger partial charge in [-0.25, -0.2) is 24.2 Å². The minimum absolute atomic E-state index is 0.0146. The van der Waals surface area contributed by atoms with Gasteiger partial charge in [-0.3, -0.25) is 58.1 Å². The van der Waals surface area contributed by atoms with Crippen LogP contribution >= 0.6 is 0 Å². The quantitative estimate of drug-likeness (QED) is 0.0113. The van der Waals surface area contributed by atoms with Crippen LogP contribution in [0.3, 0.4) is 0 Å². The highest BCUT2D eigenvalue weighted by atomic mass is 16.6. The fraction of sp³-hybridized carbons (Fsp3) is 0.552. The minimum atomic E-state index is -1.86. The molecule has 700 valence electrons. The van der Waals surface area contributed by atoms with Crippen molar-refractivity contribution in [2.45, 2.75) is 231 Å². The number of primary amides is 1. The number of carbonyl (C=O) groups is 15. The van der Waals surface area contributed by atoms with Crippen molar-refractivity contribution >= 4 is 112 Å². The molecule has 21 N–H and O–H groups in total. The van der Waals surface area contributed by atoms with Gasteiger partial charge >= 0.3 is 24.2 Å². The third-order valence-corrected chi connectivity index (χ3v) is 21.3. The number of para-hydroxylation sites is 1. The van der Waals surface area contributed by atoms with E-state index in [-0.39, 0.29) is 157 Å². The summed E-state index contributed by atoms with van der Waals surface area (Å²) in [5.41, 5.74) is 13.6. The molecule has 7 rings (SSSR count). The maximum absolute atomic E-state index is 15.2. The van der Waals surface area contributed by atoms with Gasteiger partial charge in [0.05, 0.1) is 31.3 Å². The summed E-state index contributed by atoms with van der Waals surface area (Å²) in [6, 6.07) is 5.30. The van der Waals surface area contributed by atoms with Crippen molar-refractivity contribution in [3.8, 4) is 5.75 Å². The van der Waals surface area contributed by atoms with Crippen LogP contribution in [-0.4, -0.2) is 262 Å². The van der Waals surface area contributed by atoms with Gasteiger partial charge in [0.2, 0.25) is 65.0 Å². The molecular weight excluding hydrogens is 1660 g/mol. The second-order valence-corrected chi connectivity index (χ2v) is 33.5. The number of carbonyl (C=O) groups excluding carboxylic acids is 15. The monoisotopic (exact) mass is 1780 g/mol. The number of H-pyrrole nitrogens is 2. The maximum atomic E-state index is 15.2. The van der Waals surface area contributed by atoms with Gasteiger partial charge in [-0.15, -0.1) is 0 Å². The number of anilines is 1. The van der Waals surface area contributed by atoms with Crippen LogP contribution in [0.4, 0.5) is 20.1 Å². The molecule has 2 saturated heterocycles. The molecule has 11 atom stereocenters. The fourth-order valence-corrected chi connectivity index (χ4v) is 14.5. The van der Waals surface area contributed by atoms with E-state index in [1.807, 2.05) is 27.7 Å². The van der Waals surface area contributed by atoms with Gasteiger partial charge in [0.25, 0.3) is 0 Å². The summed E-state index contributed by atoms with van der Waals surface area (Å²) in [5.74, 6) is -9.35. The number of likely N-dealkylation sites (tertiary alicyclic amines) is 1. The number of fused-ring (bicyclic) bond motifs is 1. The third kappa shape index (κ3) is 33.4. The van der Waals surface area contributed by atoms with Crippen LogP contribution in [0.15, 0.2) is 91.5 Å². The van der Waals surface area contributed by atoms with Crippen molar-refractivity contribution in [1.82, 2.24) is 93.5 Å². The Morgan fingerprint density at radius 3 is 1.73 bits per heavy atom. The summed E-state index contributed by atoms with van der Waals surface area (Å²) < 4.78 is 16.6. The molecule has 2 aliphatic rings. The van der Waals surface area contributed by atoms with Crippen LogP contribution < -0.4 is 85.3 Å². The Morgan fingerprint density at radius 2 is 1.16 bits per heavy atom. The second-order valence-electron chi connectivity index (χ2n) is 33.5. The van der Waals surface area contributed by atoms with Crippen molar-refractivity contribution in [2.24, 2.45) is 29.2 Å². The maximum Gasteiger partial charge on any atom is 0.415 e. The number of likely N-dealkylation sites (N-methyl/N-ethyl adjacent to an activating group) is 2. The predicted octanol–water partition coefficient (Wildman–Crippen LogP) is 1.48. The third-order valence-electron chi connectivity index (χ3n) is 21.3. The van der Waals surface area contributed by atoms with E-state index < -0.39 is 150 Å². The molecule has 15 amide bonds. The number of nitrogens with two attached hydrogens (primary N) is 2. The molecule has 0 aliphatic carbocycles. The van der Waals surface area contributed by atoms with Gasteiger partial charge in [-0.2, -0.15) is 0 Å². The van der Waals surface area contributed by atoms with Gasteiger partial charge in [0, 0.05) is 120 Å². The lowest BCUT2D eigenvalue weighted by molar-refractivity contribution is -0.154. The second kappa shape index (κ2) is 51.0. The number of hydrogen-bond acceptors (Lipinski definition) is 22. The van der Waals surface area contributed by atoms with E-state index in [4.69, 9.17) is 31.1 Å². The number of nitrogens with one attached hydrogen (secondary N) is 16. The van der Waals surface area contributed by atoms with E-state index in [1.54, 1.807) is 89.3 Å². The number of benzene rings is 3. The number of aliphatic hydroxyl groups is 1. The van der Waals surface area contributed by atoms with Crippen LogP contribution in [-0.2, 0) is 92.9 Å². The Bertz CT molecular complexity index is 4580. The van der Waals surface area contributed by atoms with Crippen molar-refractivity contribution in [3.63, 3.8) is 0 Å². The van der Waals surface area contributed by atoms with Gasteiger partial charge in [0.15, 0.2) is 5.96 Å². The molecule has 2 fully saturated rings. The van der Waals surface area contributed by atoms with Crippen molar-refractivity contribution in [2.75, 3.05) is 65.3 Å². The Kier molecular flexibility index (Phi) is 40.7. The number of guanidine groups is 1. The molecule has 1 unspecified atom stereocenters. The number of imidazole rings is 1. The number of urea groups is 1. The van der Waals surface area contributed by atoms with Gasteiger partial charge in [-0.05, 0) is 129 Å². The van der Waals surface area contributed by atoms with Crippen LogP contribution in [0.1, 0.15) is 155 Å². The van der Waals surface area contributed by atoms with E-state index >= 15 is 4.79 Å². The standard InChI is InChI=1S/C87H128N22O19/c1-12-126-83(122)70-22-17-35-109(70)82(121)63(21-16-33-92-84(88)89)101-75(114)64(38-49(2)3)102-76(115)65(39-50(4)5)103-77(116)66(104-80(119)69(46-110)106-78(117)67(41-55-44-94-61-19-14-13-18-60(55)61)105-79(118)68(42-58-45-91-48-95-58)99-72(112)43-57-29-32-71(111)97-57)40-53-25-30-59(31-26-53)128-87(125)108(11)37-36-107(10)86(124)127-47-54-23-27-56(28-24-54)98-74(113)62(20-15-34-93-85(90)123)100-81(120)73(51(6)7)96-52(8)9/h13-14,18-19,23-28,30-31,44-45,48-52,57,62-70,73,94,96,110H,12,15-17,20-22,29,32-43,46-47H2,1-11H3,(H,91,95)(H,97,111)(H,98,113)(H,99,112)(H,100,120)(H,101,114)(H,102,115)(H,103,116)(H,104,119)(H,105,118)(H,106,117)(H4,88,89,92)(H3,90,93,123)/t57?,62-,63-,64-,65-,66-,67-,68-,69-,70-,73-/m0/s1. The first-order valence-electron chi connectivity index (χ1n) is 43.4. The number of aromatic nitrogens is 3. The van der Waals surface area contributed by atoms with Gasteiger partial charge in [0.1, 0.15) is 66.7 Å². The number of esters is 1. The summed E-state index contributed by atoms with van der Waals surface area (Å²) in [6.45, 7) is 15.7. The highest BCUT2D eigenvalue weighted by Gasteiger charge is 2.41. The number of aliphatic hydroxyl groups excluding tert-OH is 1. The number of hydrogen-bond donors (Lipinski definition) is 19. The summed E-state index contributed by atoms with van der Waals surface area (Å²) >= 11 is 0. The van der Waals surface area contributed by atoms with E-state index in [0.717, 1.165) is 0 Å². The Labute approximate surface area is 744 Å². The predicted molar refractivity (Wildman–Crippen MR) is 472 cm³/mol. The zero-order chi connectivity index (χ0) is 93.8. The number of amides is 15. The first kappa shape index (κ1) is 102. The number of rotatable bonds is 50. The Morgan fingerprint density at radius 1 is 0.609 bits per heavy atom. The Balaban J connectivity index is 1.08. The minimum Gasteiger partial charge on any atom is -0.464 e. The van der Waals surface area contributed by atoms with E-state index in [9.17, 15) is 72.2 Å². The number of nitrogens with zero attached hydrogens (tertiary/aromatic N) is 4. The molecule has 3 aromatic carbocycles. The van der Waals surface area contributed by atoms with Gasteiger partial charge < -0.3 is 125 Å². The molecule has 5 aromatic rings. The zero-order valence-corrected chi connectivity index (χ0v) is 74.6. The molecule has 0 saturated carbocycles. The molecule has 0 bridgehead atoms. The van der Waals surface area contributed by atoms with Gasteiger partial charge in [-0.1, -0.05) is 97.9 Å². The smallest absolute Gasteiger partial charge is 0.415 e. The lowest BCUT2D eigenvalue weighted by Gasteiger charge is -2.30. The van der Waals surface area contributed by atoms with Crippen LogP contribution in [0, 0.1) is 23.2 Å². The van der Waals surface area contributed by atoms with Crippen LogP contribution in [0.5, 0.6) is 5.75 Å². The summed E-state index contributed by atoms with van der Waals surface area (Å²) in [4.78, 5) is 222. The molecule has 0 radical (unpaired) electrons. The summed E-state index contributed by atoms with van der Waals surface area (Å²) in [7, 11) is 2.90. The average molecular weight is 1790 g/mol. The SMILES string of the molecule is CCOC(=O)[C@@H]1CCCN1C(=O)[C@H](CCCNC(=N)N)NC(=O)[C@H](CC(C)C)NC(=O)[C@H](CC(C)C)NC(=O)[C@H](Cc1ccc(OC(=O)N(C)CCN(C)C(=O)OCc2ccc(NC(=O)[C@H](CCCNC(N)=O)NC(=O)[C@@H](NC(C)C)C(C)C)cc2)cc1)NC(=O)[C@H](CO)NC(=O)[C@H](Cc1c[nH]c2ccccc12)NC(=O)[C@H](Cc1c[nH]cn1)NC(=O)CC1CCC(=O)N1. The molecule has 41 nitrogen and oxygen atoms in total. The van der Waals surface area contributed by atoms with Crippen molar-refractivity contribution < 1.29 is 91.2 Å². The zero-order valence-electron chi connectivity index (χ0n) is 74.6. The van der Waals surface area contributed by atoms with Crippen molar-refractivity contribution in [1.29, 1.82) is 5.41 Å². The normalized spacial score (nSPS) is 15.7. The lowest BCUT2D eigenvalue weighted by Crippen LogP contribution is -2.61. The van der Waals surface area contributed by atoms with Crippen LogP contribution in [0.25, 0.3) is 10.9 Å². The largest absolute Gasteiger partial charge is 0.464 e. The van der Waals surface area contributed by atoms with E-state index in [2.05, 4.69) is 84.1 Å². The fourth-order valence-electron chi connectivity index (χ4n) is 14.5. The van der Waals surface area contributed by atoms with Crippen molar-refractivity contribution in [3.05, 3.63) is 114 Å². The van der Waals surface area contributed by atoms with E-state index in [1.165, 1.54) is 65.6 Å². The molecule has 2 aliphatic heterocycles.